The maximum atomic E-state index is 12.9. The summed E-state index contributed by atoms with van der Waals surface area (Å²) in [4.78, 5) is 42.0. The van der Waals surface area contributed by atoms with Gasteiger partial charge in [0.15, 0.2) is 5.41 Å². The number of oxime groups is 1. The van der Waals surface area contributed by atoms with Gasteiger partial charge in [-0.25, -0.2) is 4.79 Å². The lowest BCUT2D eigenvalue weighted by Crippen LogP contribution is -2.52. The smallest absolute Gasteiger partial charge is 0.384 e. The molecule has 140 valence electrons. The van der Waals surface area contributed by atoms with Crippen LogP contribution in [0.1, 0.15) is 52.0 Å². The number of carbonyl (C=O) groups is 3. The molecule has 1 aliphatic heterocycles. The summed E-state index contributed by atoms with van der Waals surface area (Å²) in [5.74, 6) is -3.03. The van der Waals surface area contributed by atoms with Crippen molar-refractivity contribution in [2.24, 2.45) is 10.6 Å². The first-order chi connectivity index (χ1) is 12.4. The summed E-state index contributed by atoms with van der Waals surface area (Å²) in [6.07, 6.45) is 0.750. The standard InChI is InChI=1S/C19H23NO6/c1-4-12-19(25-16(23)18(5-2,6-3)15(21)22)14(20-26-17(19)24)13-10-8-7-9-11-13/h7-11H,4-6,12H2,1-3H3,(H,21,22). The molecule has 2 rings (SSSR count). The second-order valence-corrected chi connectivity index (χ2v) is 6.25. The van der Waals surface area contributed by atoms with E-state index >= 15 is 0 Å². The summed E-state index contributed by atoms with van der Waals surface area (Å²) in [7, 11) is 0. The molecule has 7 heteroatoms. The van der Waals surface area contributed by atoms with Crippen molar-refractivity contribution in [2.75, 3.05) is 0 Å². The van der Waals surface area contributed by atoms with E-state index in [-0.39, 0.29) is 25.0 Å². The van der Waals surface area contributed by atoms with Crippen LogP contribution in [0.5, 0.6) is 0 Å². The third kappa shape index (κ3) is 3.09. The van der Waals surface area contributed by atoms with Gasteiger partial charge in [-0.3, -0.25) is 9.59 Å². The number of carboxylic acids is 1. The second kappa shape index (κ2) is 7.68. The number of benzene rings is 1. The molecule has 26 heavy (non-hydrogen) atoms. The lowest BCUT2D eigenvalue weighted by atomic mass is 9.81. The highest BCUT2D eigenvalue weighted by Gasteiger charge is 2.57. The number of esters is 1. The normalized spacial score (nSPS) is 19.7. The molecule has 0 aromatic heterocycles. The van der Waals surface area contributed by atoms with Crippen molar-refractivity contribution in [1.82, 2.24) is 0 Å². The van der Waals surface area contributed by atoms with Crippen molar-refractivity contribution in [3.8, 4) is 0 Å². The predicted octanol–water partition coefficient (Wildman–Crippen LogP) is 2.92. The molecule has 0 saturated carbocycles. The van der Waals surface area contributed by atoms with Crippen molar-refractivity contribution in [1.29, 1.82) is 0 Å². The van der Waals surface area contributed by atoms with E-state index in [0.29, 0.717) is 12.0 Å². The van der Waals surface area contributed by atoms with Gasteiger partial charge in [0.25, 0.3) is 5.60 Å². The predicted molar refractivity (Wildman–Crippen MR) is 93.5 cm³/mol. The lowest BCUT2D eigenvalue weighted by Gasteiger charge is -2.31. The van der Waals surface area contributed by atoms with Crippen LogP contribution in [0, 0.1) is 5.41 Å². The minimum Gasteiger partial charge on any atom is -0.480 e. The van der Waals surface area contributed by atoms with E-state index in [1.54, 1.807) is 44.2 Å². The number of hydrogen-bond donors (Lipinski definition) is 1. The summed E-state index contributed by atoms with van der Waals surface area (Å²) in [5, 5.41) is 13.4. The van der Waals surface area contributed by atoms with Crippen LogP contribution >= 0.6 is 0 Å². The Morgan fingerprint density at radius 1 is 1.19 bits per heavy atom. The Bertz CT molecular complexity index is 723. The number of ether oxygens (including phenoxy) is 1. The first-order valence-corrected chi connectivity index (χ1v) is 8.70. The molecule has 0 fully saturated rings. The van der Waals surface area contributed by atoms with E-state index in [4.69, 9.17) is 9.57 Å². The molecule has 1 aromatic rings. The van der Waals surface area contributed by atoms with Gasteiger partial charge < -0.3 is 14.7 Å². The zero-order valence-electron chi connectivity index (χ0n) is 15.2. The number of carboxylic acid groups (broad SMARTS) is 1. The monoisotopic (exact) mass is 361 g/mol. The minimum absolute atomic E-state index is 0.0483. The fourth-order valence-electron chi connectivity index (χ4n) is 3.11. The van der Waals surface area contributed by atoms with Crippen molar-refractivity contribution < 1.29 is 29.1 Å². The summed E-state index contributed by atoms with van der Waals surface area (Å²) >= 11 is 0. The van der Waals surface area contributed by atoms with Crippen molar-refractivity contribution in [2.45, 2.75) is 52.1 Å². The van der Waals surface area contributed by atoms with Crippen LogP contribution in [0.3, 0.4) is 0 Å². The van der Waals surface area contributed by atoms with Crippen LogP contribution in [-0.2, 0) is 24.0 Å². The van der Waals surface area contributed by atoms with Gasteiger partial charge in [-0.1, -0.05) is 62.7 Å². The van der Waals surface area contributed by atoms with Gasteiger partial charge in [0.1, 0.15) is 5.71 Å². The fourth-order valence-corrected chi connectivity index (χ4v) is 3.11. The fraction of sp³-hybridized carbons (Fsp3) is 0.474. The van der Waals surface area contributed by atoms with Crippen molar-refractivity contribution >= 4 is 23.6 Å². The largest absolute Gasteiger partial charge is 0.480 e. The molecule has 0 amide bonds. The quantitative estimate of drug-likeness (QED) is 0.434. The third-order valence-electron chi connectivity index (χ3n) is 4.86. The Hall–Kier alpha value is -2.70. The van der Waals surface area contributed by atoms with Gasteiger partial charge in [-0.2, -0.15) is 0 Å². The van der Waals surface area contributed by atoms with Crippen LogP contribution in [0.25, 0.3) is 0 Å². The number of hydrogen-bond acceptors (Lipinski definition) is 6. The highest BCUT2D eigenvalue weighted by Crippen LogP contribution is 2.36. The molecule has 0 bridgehead atoms. The van der Waals surface area contributed by atoms with Gasteiger partial charge >= 0.3 is 17.9 Å². The number of carbonyl (C=O) groups excluding carboxylic acids is 2. The minimum atomic E-state index is -1.74. The van der Waals surface area contributed by atoms with Gasteiger partial charge in [0.2, 0.25) is 0 Å². The summed E-state index contributed by atoms with van der Waals surface area (Å²) in [5.41, 5.74) is -2.69. The molecule has 0 saturated heterocycles. The van der Waals surface area contributed by atoms with E-state index in [0.717, 1.165) is 0 Å². The highest BCUT2D eigenvalue weighted by atomic mass is 16.7. The average Bonchev–Trinajstić information content (AvgIpc) is 2.93. The molecule has 1 heterocycles. The van der Waals surface area contributed by atoms with Gasteiger partial charge in [0.05, 0.1) is 0 Å². The van der Waals surface area contributed by atoms with Gasteiger partial charge in [-0.05, 0) is 12.8 Å². The molecule has 1 aliphatic rings. The number of aliphatic carboxylic acids is 1. The van der Waals surface area contributed by atoms with Gasteiger partial charge in [0, 0.05) is 12.0 Å². The number of nitrogens with zero attached hydrogens (tertiary/aromatic N) is 1. The molecule has 1 unspecified atom stereocenters. The van der Waals surface area contributed by atoms with Crippen LogP contribution < -0.4 is 0 Å². The van der Waals surface area contributed by atoms with Gasteiger partial charge in [-0.15, -0.1) is 0 Å². The van der Waals surface area contributed by atoms with Crippen LogP contribution in [-0.4, -0.2) is 34.3 Å². The van der Waals surface area contributed by atoms with Crippen molar-refractivity contribution in [3.05, 3.63) is 35.9 Å². The summed E-state index contributed by atoms with van der Waals surface area (Å²) < 4.78 is 5.60. The molecule has 1 aromatic carbocycles. The maximum absolute atomic E-state index is 12.9. The zero-order valence-corrected chi connectivity index (χ0v) is 15.2. The van der Waals surface area contributed by atoms with Crippen LogP contribution in [0.15, 0.2) is 35.5 Å². The third-order valence-corrected chi connectivity index (χ3v) is 4.86. The number of rotatable bonds is 8. The summed E-state index contributed by atoms with van der Waals surface area (Å²) in [6, 6.07) is 8.78. The van der Waals surface area contributed by atoms with Crippen molar-refractivity contribution in [3.63, 3.8) is 0 Å². The average molecular weight is 361 g/mol. The molecular weight excluding hydrogens is 338 g/mol. The Labute approximate surface area is 152 Å². The zero-order chi connectivity index (χ0) is 19.4. The lowest BCUT2D eigenvalue weighted by molar-refractivity contribution is -0.184. The summed E-state index contributed by atoms with van der Waals surface area (Å²) in [6.45, 7) is 5.03. The Morgan fingerprint density at radius 2 is 1.81 bits per heavy atom. The van der Waals surface area contributed by atoms with E-state index in [1.807, 2.05) is 6.92 Å². The second-order valence-electron chi connectivity index (χ2n) is 6.25. The molecule has 0 radical (unpaired) electrons. The molecule has 0 spiro atoms. The first-order valence-electron chi connectivity index (χ1n) is 8.70. The first kappa shape index (κ1) is 19.6. The Kier molecular flexibility index (Phi) is 5.79. The van der Waals surface area contributed by atoms with E-state index in [1.165, 1.54) is 0 Å². The molecule has 1 N–H and O–H groups in total. The van der Waals surface area contributed by atoms with E-state index in [2.05, 4.69) is 5.16 Å². The molecular formula is C19H23NO6. The molecule has 1 atom stereocenters. The van der Waals surface area contributed by atoms with Crippen LogP contribution in [0.2, 0.25) is 0 Å². The van der Waals surface area contributed by atoms with E-state index < -0.39 is 28.9 Å². The van der Waals surface area contributed by atoms with E-state index in [9.17, 15) is 19.5 Å². The SMILES string of the molecule is CCCC1(OC(=O)C(CC)(CC)C(=O)O)C(=O)ON=C1c1ccccc1. The van der Waals surface area contributed by atoms with Crippen LogP contribution in [0.4, 0.5) is 0 Å². The molecule has 0 aliphatic carbocycles. The topological polar surface area (TPSA) is 102 Å². The highest BCUT2D eigenvalue weighted by molar-refractivity contribution is 6.21. The Morgan fingerprint density at radius 3 is 2.31 bits per heavy atom. The molecule has 7 nitrogen and oxygen atoms in total. The maximum Gasteiger partial charge on any atom is 0.384 e. The Balaban J connectivity index is 2.49.